The van der Waals surface area contributed by atoms with Crippen LogP contribution in [0.25, 0.3) is 44.5 Å². The Balaban J connectivity index is 1.64. The maximum absolute atomic E-state index is 2.60. The quantitative estimate of drug-likeness (QED) is 0.154. The first-order chi connectivity index (χ1) is 18.1. The summed E-state index contributed by atoms with van der Waals surface area (Å²) < 4.78 is 3.24. The molecule has 0 aromatic heterocycles. The fourth-order valence-corrected chi connectivity index (χ4v) is 14.4. The Kier molecular flexibility index (Phi) is 7.93. The summed E-state index contributed by atoms with van der Waals surface area (Å²) in [5.74, 6) is 0. The molecule has 0 nitrogen and oxygen atoms in total. The number of hydrogen-bond donors (Lipinski definition) is 0. The molecule has 0 bridgehead atoms. The molecule has 0 amide bonds. The molecule has 5 aromatic carbocycles. The molecular weight excluding hydrogens is 670 g/mol. The SMILES string of the molecule is [CH3][Sn]([CH3])([CH3])[c]1cc(-c2ccc(-c3ccccc3)cc2)[c]([Sn]([CH3])([CH3])[CH3])cc1-c1ccc(-c2ccccc2)cc1. The molecule has 0 saturated heterocycles. The Morgan fingerprint density at radius 2 is 0.579 bits per heavy atom. The van der Waals surface area contributed by atoms with Crippen molar-refractivity contribution in [2.45, 2.75) is 29.6 Å². The van der Waals surface area contributed by atoms with Gasteiger partial charge in [0, 0.05) is 0 Å². The van der Waals surface area contributed by atoms with E-state index < -0.39 is 36.8 Å². The van der Waals surface area contributed by atoms with Crippen molar-refractivity contribution in [1.82, 2.24) is 0 Å². The first-order valence-corrected chi connectivity index (χ1v) is 33.6. The van der Waals surface area contributed by atoms with Crippen LogP contribution in [0, 0.1) is 0 Å². The van der Waals surface area contributed by atoms with E-state index in [0.717, 1.165) is 0 Å². The summed E-state index contributed by atoms with van der Waals surface area (Å²) in [6.07, 6.45) is 0. The number of benzene rings is 5. The number of hydrogen-bond acceptors (Lipinski definition) is 0. The van der Waals surface area contributed by atoms with Crippen molar-refractivity contribution in [3.63, 3.8) is 0 Å². The van der Waals surface area contributed by atoms with Gasteiger partial charge in [0.25, 0.3) is 0 Å². The molecule has 0 heterocycles. The van der Waals surface area contributed by atoms with Gasteiger partial charge in [0.1, 0.15) is 0 Å². The Morgan fingerprint density at radius 3 is 0.868 bits per heavy atom. The molecule has 0 atom stereocenters. The van der Waals surface area contributed by atoms with Gasteiger partial charge in [0.05, 0.1) is 0 Å². The molecule has 5 rings (SSSR count). The fraction of sp³-hybridized carbons (Fsp3) is 0.167. The third kappa shape index (κ3) is 5.97. The van der Waals surface area contributed by atoms with Crippen molar-refractivity contribution in [2.24, 2.45) is 0 Å². The summed E-state index contributed by atoms with van der Waals surface area (Å²) in [5, 5.41) is 0. The second kappa shape index (κ2) is 11.1. The zero-order valence-electron chi connectivity index (χ0n) is 23.5. The van der Waals surface area contributed by atoms with E-state index in [9.17, 15) is 0 Å². The van der Waals surface area contributed by atoms with Gasteiger partial charge >= 0.3 is 239 Å². The second-order valence-corrected chi connectivity index (χ2v) is 41.1. The van der Waals surface area contributed by atoms with E-state index in [1.54, 1.807) is 7.16 Å². The first-order valence-electron chi connectivity index (χ1n) is 13.6. The van der Waals surface area contributed by atoms with Gasteiger partial charge in [0.15, 0.2) is 0 Å². The van der Waals surface area contributed by atoms with Crippen molar-refractivity contribution in [3.05, 3.63) is 121 Å². The molecule has 0 unspecified atom stereocenters. The Morgan fingerprint density at radius 1 is 0.316 bits per heavy atom. The van der Waals surface area contributed by atoms with Crippen molar-refractivity contribution in [3.8, 4) is 44.5 Å². The van der Waals surface area contributed by atoms with Crippen LogP contribution in [-0.4, -0.2) is 36.8 Å². The third-order valence-corrected chi connectivity index (χ3v) is 19.0. The summed E-state index contributed by atoms with van der Waals surface area (Å²) in [6.45, 7) is 0. The molecule has 0 radical (unpaired) electrons. The molecule has 0 aliphatic heterocycles. The molecule has 0 fully saturated rings. The van der Waals surface area contributed by atoms with Gasteiger partial charge in [-0.2, -0.15) is 0 Å². The minimum atomic E-state index is -2.47. The average molecular weight is 708 g/mol. The van der Waals surface area contributed by atoms with E-state index in [2.05, 4.69) is 151 Å². The van der Waals surface area contributed by atoms with Crippen LogP contribution in [0.5, 0.6) is 0 Å². The molecule has 0 N–H and O–H groups in total. The van der Waals surface area contributed by atoms with Crippen LogP contribution >= 0.6 is 0 Å². The molecule has 0 aliphatic carbocycles. The zero-order valence-corrected chi connectivity index (χ0v) is 29.3. The molecule has 0 aliphatic rings. The van der Waals surface area contributed by atoms with Gasteiger partial charge in [-0.25, -0.2) is 0 Å². The minimum absolute atomic E-state index is 1.27. The molecule has 5 aromatic rings. The van der Waals surface area contributed by atoms with Crippen LogP contribution in [0.15, 0.2) is 121 Å². The van der Waals surface area contributed by atoms with E-state index in [0.29, 0.717) is 0 Å². The average Bonchev–Trinajstić information content (AvgIpc) is 2.92. The number of rotatable bonds is 6. The van der Waals surface area contributed by atoms with Crippen molar-refractivity contribution >= 4 is 43.9 Å². The maximum atomic E-state index is 2.60. The van der Waals surface area contributed by atoms with E-state index in [1.807, 2.05) is 0 Å². The van der Waals surface area contributed by atoms with Crippen LogP contribution in [0.4, 0.5) is 0 Å². The van der Waals surface area contributed by atoms with E-state index in [1.165, 1.54) is 44.5 Å². The monoisotopic (exact) mass is 710 g/mol. The third-order valence-electron chi connectivity index (χ3n) is 7.38. The normalized spacial score (nSPS) is 11.9. The van der Waals surface area contributed by atoms with Gasteiger partial charge in [0.2, 0.25) is 0 Å². The Labute approximate surface area is 237 Å². The first kappa shape index (κ1) is 27.3. The van der Waals surface area contributed by atoms with Gasteiger partial charge in [-0.3, -0.25) is 0 Å². The summed E-state index contributed by atoms with van der Waals surface area (Å²) in [6, 6.07) is 45.1. The van der Waals surface area contributed by atoms with Gasteiger partial charge in [-0.1, -0.05) is 0 Å². The molecule has 2 heteroatoms. The van der Waals surface area contributed by atoms with E-state index in [-0.39, 0.29) is 0 Å². The van der Waals surface area contributed by atoms with E-state index in [4.69, 9.17) is 0 Å². The predicted octanol–water partition coefficient (Wildman–Crippen LogP) is 9.44. The fourth-order valence-electron chi connectivity index (χ4n) is 5.26. The Bertz CT molecular complexity index is 1400. The van der Waals surface area contributed by atoms with Crippen molar-refractivity contribution in [2.75, 3.05) is 0 Å². The van der Waals surface area contributed by atoms with Crippen LogP contribution in [0.1, 0.15) is 0 Å². The zero-order chi connectivity index (χ0) is 26.9. The van der Waals surface area contributed by atoms with Gasteiger partial charge in [-0.05, 0) is 0 Å². The van der Waals surface area contributed by atoms with E-state index >= 15 is 0 Å². The molecular formula is C36H38Sn2. The van der Waals surface area contributed by atoms with Gasteiger partial charge in [-0.15, -0.1) is 0 Å². The van der Waals surface area contributed by atoms with Crippen LogP contribution in [0.2, 0.25) is 29.6 Å². The molecule has 0 saturated carbocycles. The van der Waals surface area contributed by atoms with Crippen molar-refractivity contribution < 1.29 is 0 Å². The second-order valence-electron chi connectivity index (χ2n) is 12.3. The summed E-state index contributed by atoms with van der Waals surface area (Å²) in [5.41, 5.74) is 10.8. The standard InChI is InChI=1S/C30H20.6CH3.2Sn/c1-3-7-23(8-4-1)25-11-15-27(16-12-25)29-19-21-30(22-20-29)28-17-13-26(14-18-28)24-9-5-2-6-10-24;;;;;;;;/h1-19,22H;6*1H3;;. The molecule has 0 spiro atoms. The van der Waals surface area contributed by atoms with Gasteiger partial charge < -0.3 is 0 Å². The van der Waals surface area contributed by atoms with Crippen LogP contribution < -0.4 is 7.16 Å². The molecule has 190 valence electrons. The van der Waals surface area contributed by atoms with Crippen molar-refractivity contribution in [1.29, 1.82) is 0 Å². The summed E-state index contributed by atoms with van der Waals surface area (Å²) in [4.78, 5) is 15.3. The summed E-state index contributed by atoms with van der Waals surface area (Å²) in [7, 11) is 0. The van der Waals surface area contributed by atoms with Crippen LogP contribution in [-0.2, 0) is 0 Å². The van der Waals surface area contributed by atoms with Crippen LogP contribution in [0.3, 0.4) is 0 Å². The topological polar surface area (TPSA) is 0 Å². The molecule has 38 heavy (non-hydrogen) atoms. The Hall–Kier alpha value is -2.30. The summed E-state index contributed by atoms with van der Waals surface area (Å²) >= 11 is -4.94. The predicted molar refractivity (Wildman–Crippen MR) is 174 cm³/mol.